The van der Waals surface area contributed by atoms with E-state index in [2.05, 4.69) is 24.4 Å². The van der Waals surface area contributed by atoms with Crippen molar-refractivity contribution >= 4 is 46.4 Å². The summed E-state index contributed by atoms with van der Waals surface area (Å²) in [4.78, 5) is 10.7. The smallest absolute Gasteiger partial charge is 0.320 e. The maximum absolute atomic E-state index is 10.7. The van der Waals surface area contributed by atoms with Gasteiger partial charge in [-0.25, -0.2) is 0 Å². The van der Waals surface area contributed by atoms with E-state index in [4.69, 9.17) is 34.8 Å². The monoisotopic (exact) mass is 663 g/mol. The SMILES string of the molecule is CC(Cc1ccccc1)NC(CN)CC[C@H](N)C(=O)O.CS(=O)(=O)O.CS(=O)(=O)O.CS(=O)(=O)O.CS(=O)(=O)O. The van der Waals surface area contributed by atoms with Gasteiger partial charge in [-0.2, -0.15) is 33.7 Å². The quantitative estimate of drug-likeness (QED) is 0.143. The predicted octanol–water partition coefficient (Wildman–Crippen LogP) is -1.26. The molecule has 240 valence electrons. The maximum atomic E-state index is 10.7. The van der Waals surface area contributed by atoms with Crippen molar-refractivity contribution < 1.29 is 61.8 Å². The van der Waals surface area contributed by atoms with Gasteiger partial charge in [0.1, 0.15) is 6.04 Å². The van der Waals surface area contributed by atoms with Crippen molar-refractivity contribution in [2.45, 2.75) is 44.3 Å². The summed E-state index contributed by atoms with van der Waals surface area (Å²) in [5.74, 6) is -0.960. The second kappa shape index (κ2) is 21.9. The highest BCUT2D eigenvalue weighted by atomic mass is 32.2. The molecule has 0 aliphatic rings. The molecule has 0 heterocycles. The third kappa shape index (κ3) is 70.6. The standard InChI is InChI=1S/C15H25N3O2.4CH4O3S/c1-11(9-12-5-3-2-4-6-12)18-13(10-16)7-8-14(17)15(19)20;4*1-5(2,3)4/h2-6,11,13-14,18H,7-10,16-17H2,1H3,(H,19,20);4*1H3,(H,2,3,4)/t11?,13?,14-;;;;/m0..../s1. The van der Waals surface area contributed by atoms with Gasteiger partial charge < -0.3 is 21.9 Å². The molecule has 0 bridgehead atoms. The Morgan fingerprint density at radius 3 is 1.38 bits per heavy atom. The average Bonchev–Trinajstić information content (AvgIpc) is 2.66. The normalized spacial score (nSPS) is 13.6. The summed E-state index contributed by atoms with van der Waals surface area (Å²) in [7, 11) is -14.7. The van der Waals surface area contributed by atoms with Crippen LogP contribution in [0.4, 0.5) is 0 Å². The van der Waals surface area contributed by atoms with E-state index in [-0.39, 0.29) is 12.1 Å². The van der Waals surface area contributed by atoms with Crippen molar-refractivity contribution in [3.63, 3.8) is 0 Å². The average molecular weight is 664 g/mol. The first-order chi connectivity index (χ1) is 17.5. The Morgan fingerprint density at radius 1 is 0.775 bits per heavy atom. The molecule has 0 aromatic heterocycles. The number of nitrogens with one attached hydrogen (secondary N) is 1. The Balaban J connectivity index is -0.000000262. The molecule has 1 aromatic rings. The van der Waals surface area contributed by atoms with E-state index >= 15 is 0 Å². The second-order valence-corrected chi connectivity index (χ2v) is 14.0. The zero-order valence-electron chi connectivity index (χ0n) is 22.6. The van der Waals surface area contributed by atoms with Crippen molar-refractivity contribution in [1.29, 1.82) is 0 Å². The molecular weight excluding hydrogens is 622 g/mol. The van der Waals surface area contributed by atoms with Crippen molar-refractivity contribution in [2.75, 3.05) is 31.6 Å². The van der Waals surface area contributed by atoms with Gasteiger partial charge in [-0.1, -0.05) is 30.3 Å². The highest BCUT2D eigenvalue weighted by molar-refractivity contribution is 7.85. The van der Waals surface area contributed by atoms with Gasteiger partial charge >= 0.3 is 5.97 Å². The van der Waals surface area contributed by atoms with Gasteiger partial charge in [0.2, 0.25) is 0 Å². The fraction of sp³-hybridized carbons (Fsp3) is 0.632. The molecule has 0 saturated heterocycles. The maximum Gasteiger partial charge on any atom is 0.320 e. The number of rotatable bonds is 9. The molecule has 2 unspecified atom stereocenters. The summed E-state index contributed by atoms with van der Waals surface area (Å²) in [6, 6.07) is 9.80. The zero-order valence-corrected chi connectivity index (χ0v) is 25.9. The zero-order chi connectivity index (χ0) is 33.0. The number of hydrogen-bond acceptors (Lipinski definition) is 12. The van der Waals surface area contributed by atoms with Gasteiger partial charge in [0.05, 0.1) is 25.0 Å². The molecule has 1 rings (SSSR count). The highest BCUT2D eigenvalue weighted by Crippen LogP contribution is 2.06. The molecule has 0 aliphatic heterocycles. The van der Waals surface area contributed by atoms with E-state index in [9.17, 15) is 38.5 Å². The van der Waals surface area contributed by atoms with Crippen molar-refractivity contribution in [3.05, 3.63) is 35.9 Å². The number of carbonyl (C=O) groups is 1. The Hall–Kier alpha value is -1.79. The lowest BCUT2D eigenvalue weighted by molar-refractivity contribution is -0.138. The van der Waals surface area contributed by atoms with Crippen molar-refractivity contribution in [2.24, 2.45) is 11.5 Å². The molecule has 1 aromatic carbocycles. The predicted molar refractivity (Wildman–Crippen MR) is 150 cm³/mol. The number of aliphatic carboxylic acids is 1. The third-order valence-corrected chi connectivity index (χ3v) is 3.33. The molecule has 0 saturated carbocycles. The molecular formula is C19H41N3O14S4. The van der Waals surface area contributed by atoms with Gasteiger partial charge in [-0.05, 0) is 31.7 Å². The molecule has 0 aliphatic carbocycles. The fourth-order valence-corrected chi connectivity index (χ4v) is 2.20. The summed E-state index contributed by atoms with van der Waals surface area (Å²) in [5.41, 5.74) is 12.5. The van der Waals surface area contributed by atoms with Crippen LogP contribution in [0.2, 0.25) is 0 Å². The van der Waals surface area contributed by atoms with Gasteiger partial charge in [-0.3, -0.25) is 23.0 Å². The van der Waals surface area contributed by atoms with Crippen LogP contribution in [0.15, 0.2) is 30.3 Å². The summed E-state index contributed by atoms with van der Waals surface area (Å²) < 4.78 is 103. The molecule has 0 radical (unpaired) electrons. The van der Waals surface area contributed by atoms with Crippen LogP contribution in [0.5, 0.6) is 0 Å². The first-order valence-electron chi connectivity index (χ1n) is 10.7. The van der Waals surface area contributed by atoms with Gasteiger partial charge in [0.25, 0.3) is 40.5 Å². The molecule has 10 N–H and O–H groups in total. The first kappa shape index (κ1) is 45.2. The second-order valence-electron chi connectivity index (χ2n) is 8.14. The van der Waals surface area contributed by atoms with Crippen LogP contribution in [0.25, 0.3) is 0 Å². The molecule has 0 amide bonds. The van der Waals surface area contributed by atoms with Gasteiger partial charge in [0.15, 0.2) is 0 Å². The Morgan fingerprint density at radius 2 is 1.10 bits per heavy atom. The summed E-state index contributed by atoms with van der Waals surface area (Å²) in [6.07, 6.45) is 4.88. The molecule has 40 heavy (non-hydrogen) atoms. The number of benzene rings is 1. The minimum Gasteiger partial charge on any atom is -0.480 e. The van der Waals surface area contributed by atoms with E-state index in [1.807, 2.05) is 18.2 Å². The molecule has 17 nitrogen and oxygen atoms in total. The summed E-state index contributed by atoms with van der Waals surface area (Å²) in [6.45, 7) is 2.58. The Bertz CT molecular complexity index is 1090. The van der Waals surface area contributed by atoms with Gasteiger partial charge in [-0.15, -0.1) is 0 Å². The lowest BCUT2D eigenvalue weighted by Gasteiger charge is -2.23. The number of hydrogen-bond donors (Lipinski definition) is 8. The summed E-state index contributed by atoms with van der Waals surface area (Å²) in [5, 5.41) is 12.2. The lowest BCUT2D eigenvalue weighted by Crippen LogP contribution is -2.43. The van der Waals surface area contributed by atoms with Crippen LogP contribution < -0.4 is 16.8 Å². The first-order valence-corrected chi connectivity index (χ1v) is 18.1. The van der Waals surface area contributed by atoms with E-state index in [1.165, 1.54) is 5.56 Å². The topological polar surface area (TPSA) is 319 Å². The Kier molecular flexibility index (Phi) is 24.7. The fourth-order valence-electron chi connectivity index (χ4n) is 2.20. The minimum atomic E-state index is -3.67. The van der Waals surface area contributed by atoms with Gasteiger partial charge in [0, 0.05) is 18.6 Å². The number of carboxylic acid groups (broad SMARTS) is 1. The van der Waals surface area contributed by atoms with Crippen LogP contribution in [-0.2, 0) is 51.7 Å². The van der Waals surface area contributed by atoms with E-state index in [1.54, 1.807) is 0 Å². The summed E-state index contributed by atoms with van der Waals surface area (Å²) >= 11 is 0. The lowest BCUT2D eigenvalue weighted by atomic mass is 10.0. The number of carboxylic acids is 1. The Labute approximate surface area is 236 Å². The molecule has 0 spiro atoms. The molecule has 21 heteroatoms. The van der Waals surface area contributed by atoms with Crippen LogP contribution in [0.1, 0.15) is 25.3 Å². The number of nitrogens with two attached hydrogens (primary N) is 2. The van der Waals surface area contributed by atoms with E-state index in [0.717, 1.165) is 6.42 Å². The minimum absolute atomic E-state index is 0.0964. The van der Waals surface area contributed by atoms with Crippen molar-refractivity contribution in [3.8, 4) is 0 Å². The highest BCUT2D eigenvalue weighted by Gasteiger charge is 2.16. The van der Waals surface area contributed by atoms with Crippen LogP contribution in [-0.4, -0.2) is 113 Å². The third-order valence-electron chi connectivity index (χ3n) is 3.33. The molecule has 3 atom stereocenters. The van der Waals surface area contributed by atoms with Crippen LogP contribution in [0, 0.1) is 0 Å². The largest absolute Gasteiger partial charge is 0.480 e. The molecule has 0 fully saturated rings. The van der Waals surface area contributed by atoms with Crippen molar-refractivity contribution in [1.82, 2.24) is 5.32 Å². The van der Waals surface area contributed by atoms with E-state index in [0.29, 0.717) is 44.4 Å². The van der Waals surface area contributed by atoms with E-state index < -0.39 is 52.5 Å². The van der Waals surface area contributed by atoms with Crippen LogP contribution in [0.3, 0.4) is 0 Å². The van der Waals surface area contributed by atoms with Crippen LogP contribution >= 0.6 is 0 Å².